The number of pyridine rings is 1. The van der Waals surface area contributed by atoms with Gasteiger partial charge in [0.15, 0.2) is 0 Å². The van der Waals surface area contributed by atoms with Crippen LogP contribution < -0.4 is 10.1 Å². The van der Waals surface area contributed by atoms with E-state index in [-0.39, 0.29) is 0 Å². The molecule has 0 saturated heterocycles. The van der Waals surface area contributed by atoms with Crippen LogP contribution in [0.2, 0.25) is 0 Å². The van der Waals surface area contributed by atoms with Gasteiger partial charge < -0.3 is 10.1 Å². The predicted molar refractivity (Wildman–Crippen MR) is 113 cm³/mol. The van der Waals surface area contributed by atoms with E-state index in [0.29, 0.717) is 12.6 Å². The standard InChI is InChI=1S/C24H26N4O/c1-9-25-28(10-1)19-4-5-21-20-6-7-24(27-22(20)8-11-29-23(21)15-19)26-18-13-16-2-3-17(12-16)14-18/h1,4-7,9-10,15-18H,2-3,8,11-14H2,(H,26,27)/t16-,17+,18-. The third-order valence-electron chi connectivity index (χ3n) is 6.83. The lowest BCUT2D eigenvalue weighted by atomic mass is 9.85. The van der Waals surface area contributed by atoms with E-state index in [2.05, 4.69) is 40.7 Å². The summed E-state index contributed by atoms with van der Waals surface area (Å²) in [6.07, 6.45) is 11.5. The zero-order valence-electron chi connectivity index (χ0n) is 16.6. The first-order valence-corrected chi connectivity index (χ1v) is 10.9. The zero-order valence-corrected chi connectivity index (χ0v) is 16.6. The first-order valence-electron chi connectivity index (χ1n) is 10.9. The first-order chi connectivity index (χ1) is 14.3. The summed E-state index contributed by atoms with van der Waals surface area (Å²) >= 11 is 0. The number of hydrogen-bond acceptors (Lipinski definition) is 4. The molecule has 0 unspecified atom stereocenters. The molecule has 5 nitrogen and oxygen atoms in total. The van der Waals surface area contributed by atoms with Gasteiger partial charge in [0.25, 0.3) is 0 Å². The minimum Gasteiger partial charge on any atom is -0.492 e. The van der Waals surface area contributed by atoms with Crippen molar-refractivity contribution in [3.8, 4) is 22.6 Å². The SMILES string of the molecule is c1cnn(-c2ccc3c(c2)OCCc2nc(N[C@@H]4C[C@@H]5CC[C@@H](C5)C4)ccc2-3)c1. The van der Waals surface area contributed by atoms with Crippen molar-refractivity contribution < 1.29 is 4.74 Å². The molecule has 6 rings (SSSR count). The highest BCUT2D eigenvalue weighted by atomic mass is 16.5. The molecule has 1 aliphatic heterocycles. The smallest absolute Gasteiger partial charge is 0.129 e. The highest BCUT2D eigenvalue weighted by molar-refractivity contribution is 5.75. The lowest BCUT2D eigenvalue weighted by Crippen LogP contribution is -2.28. The summed E-state index contributed by atoms with van der Waals surface area (Å²) in [5.74, 6) is 3.78. The zero-order chi connectivity index (χ0) is 19.2. The second kappa shape index (κ2) is 6.90. The number of benzene rings is 1. The Kier molecular flexibility index (Phi) is 4.06. The van der Waals surface area contributed by atoms with E-state index in [0.717, 1.165) is 46.8 Å². The number of ether oxygens (including phenoxy) is 1. The van der Waals surface area contributed by atoms with Crippen molar-refractivity contribution in [3.63, 3.8) is 0 Å². The average molecular weight is 386 g/mol. The van der Waals surface area contributed by atoms with Gasteiger partial charge in [0.1, 0.15) is 11.6 Å². The first kappa shape index (κ1) is 17.1. The quantitative estimate of drug-likeness (QED) is 0.698. The summed E-state index contributed by atoms with van der Waals surface area (Å²) in [7, 11) is 0. The number of nitrogens with zero attached hydrogens (tertiary/aromatic N) is 3. The van der Waals surface area contributed by atoms with Crippen LogP contribution in [-0.4, -0.2) is 27.4 Å². The molecule has 3 aromatic rings. The fourth-order valence-electron chi connectivity index (χ4n) is 5.53. The normalized spacial score (nSPS) is 24.9. The topological polar surface area (TPSA) is 52.0 Å². The van der Waals surface area contributed by atoms with Gasteiger partial charge in [-0.3, -0.25) is 0 Å². The van der Waals surface area contributed by atoms with E-state index in [1.54, 1.807) is 6.20 Å². The minimum atomic E-state index is 0.581. The summed E-state index contributed by atoms with van der Waals surface area (Å²) in [5, 5.41) is 8.07. The lowest BCUT2D eigenvalue weighted by molar-refractivity contribution is 0.325. The molecule has 3 aliphatic rings. The molecule has 3 heterocycles. The maximum Gasteiger partial charge on any atom is 0.129 e. The van der Waals surface area contributed by atoms with Gasteiger partial charge in [-0.1, -0.05) is 12.8 Å². The van der Waals surface area contributed by atoms with Crippen molar-refractivity contribution in [3.05, 3.63) is 54.5 Å². The Labute approximate surface area is 171 Å². The second-order valence-corrected chi connectivity index (χ2v) is 8.78. The summed E-state index contributed by atoms with van der Waals surface area (Å²) in [6.45, 7) is 0.645. The van der Waals surface area contributed by atoms with E-state index in [4.69, 9.17) is 9.72 Å². The molecule has 29 heavy (non-hydrogen) atoms. The molecule has 1 N–H and O–H groups in total. The van der Waals surface area contributed by atoms with Crippen LogP contribution in [0.3, 0.4) is 0 Å². The van der Waals surface area contributed by atoms with Crippen molar-refractivity contribution in [1.29, 1.82) is 0 Å². The Hall–Kier alpha value is -2.82. The molecule has 2 aliphatic carbocycles. The van der Waals surface area contributed by atoms with Crippen molar-refractivity contribution in [2.45, 2.75) is 44.6 Å². The Morgan fingerprint density at radius 3 is 2.69 bits per heavy atom. The van der Waals surface area contributed by atoms with Gasteiger partial charge in [0, 0.05) is 42.0 Å². The van der Waals surface area contributed by atoms with E-state index < -0.39 is 0 Å². The van der Waals surface area contributed by atoms with Crippen molar-refractivity contribution in [2.24, 2.45) is 11.8 Å². The number of aromatic nitrogens is 3. The van der Waals surface area contributed by atoms with E-state index in [1.807, 2.05) is 16.9 Å². The molecule has 2 fully saturated rings. The van der Waals surface area contributed by atoms with Gasteiger partial charge in [-0.15, -0.1) is 0 Å². The highest BCUT2D eigenvalue weighted by Crippen LogP contribution is 2.43. The van der Waals surface area contributed by atoms with Crippen LogP contribution in [-0.2, 0) is 6.42 Å². The Morgan fingerprint density at radius 2 is 1.86 bits per heavy atom. The number of fused-ring (bicyclic) bond motifs is 5. The van der Waals surface area contributed by atoms with Gasteiger partial charge in [-0.25, -0.2) is 9.67 Å². The molecular weight excluding hydrogens is 360 g/mol. The molecule has 148 valence electrons. The van der Waals surface area contributed by atoms with Crippen LogP contribution >= 0.6 is 0 Å². The Morgan fingerprint density at radius 1 is 1.00 bits per heavy atom. The molecule has 2 saturated carbocycles. The van der Waals surface area contributed by atoms with E-state index in [9.17, 15) is 0 Å². The molecule has 2 aromatic heterocycles. The summed E-state index contributed by atoms with van der Waals surface area (Å²) in [6, 6.07) is 13.2. The highest BCUT2D eigenvalue weighted by Gasteiger charge is 2.34. The van der Waals surface area contributed by atoms with Gasteiger partial charge in [-0.05, 0) is 61.4 Å². The van der Waals surface area contributed by atoms with Gasteiger partial charge in [-0.2, -0.15) is 5.10 Å². The lowest BCUT2D eigenvalue weighted by Gasteiger charge is -2.29. The number of rotatable bonds is 3. The average Bonchev–Trinajstić information content (AvgIpc) is 3.34. The predicted octanol–water partition coefficient (Wildman–Crippen LogP) is 4.86. The van der Waals surface area contributed by atoms with Crippen molar-refractivity contribution >= 4 is 5.82 Å². The van der Waals surface area contributed by atoms with Crippen molar-refractivity contribution in [1.82, 2.24) is 14.8 Å². The van der Waals surface area contributed by atoms with Gasteiger partial charge >= 0.3 is 0 Å². The molecule has 0 radical (unpaired) electrons. The van der Waals surface area contributed by atoms with Crippen LogP contribution in [0.15, 0.2) is 48.8 Å². The molecular formula is C24H26N4O. The summed E-state index contributed by atoms with van der Waals surface area (Å²) < 4.78 is 7.95. The Bertz CT molecular complexity index is 1020. The molecule has 1 aromatic carbocycles. The summed E-state index contributed by atoms with van der Waals surface area (Å²) in [4.78, 5) is 5.00. The number of anilines is 1. The van der Waals surface area contributed by atoms with Crippen LogP contribution in [0.4, 0.5) is 5.82 Å². The fourth-order valence-corrected chi connectivity index (χ4v) is 5.53. The largest absolute Gasteiger partial charge is 0.492 e. The maximum absolute atomic E-state index is 6.09. The van der Waals surface area contributed by atoms with Crippen LogP contribution in [0.25, 0.3) is 16.8 Å². The molecule has 3 atom stereocenters. The van der Waals surface area contributed by atoms with Crippen molar-refractivity contribution in [2.75, 3.05) is 11.9 Å². The monoisotopic (exact) mass is 386 g/mol. The van der Waals surface area contributed by atoms with Gasteiger partial charge in [0.05, 0.1) is 18.0 Å². The minimum absolute atomic E-state index is 0.581. The van der Waals surface area contributed by atoms with E-state index in [1.165, 1.54) is 37.7 Å². The Balaban J connectivity index is 1.28. The third-order valence-corrected chi connectivity index (χ3v) is 6.83. The second-order valence-electron chi connectivity index (χ2n) is 8.78. The number of nitrogens with one attached hydrogen (secondary N) is 1. The molecule has 2 bridgehead atoms. The maximum atomic E-state index is 6.09. The van der Waals surface area contributed by atoms with Crippen LogP contribution in [0.5, 0.6) is 5.75 Å². The fraction of sp³-hybridized carbons (Fsp3) is 0.417. The van der Waals surface area contributed by atoms with E-state index >= 15 is 0 Å². The van der Waals surface area contributed by atoms with Gasteiger partial charge in [0.2, 0.25) is 0 Å². The van der Waals surface area contributed by atoms with Crippen LogP contribution in [0.1, 0.15) is 37.8 Å². The third kappa shape index (κ3) is 3.18. The molecule has 0 amide bonds. The summed E-state index contributed by atoms with van der Waals surface area (Å²) in [5.41, 5.74) is 4.43. The van der Waals surface area contributed by atoms with Crippen LogP contribution in [0, 0.1) is 11.8 Å². The number of hydrogen-bond donors (Lipinski definition) is 1. The molecule has 5 heteroatoms. The molecule has 0 spiro atoms.